The van der Waals surface area contributed by atoms with Crippen LogP contribution in [0.2, 0.25) is 0 Å². The second-order valence-electron chi connectivity index (χ2n) is 10.4. The Kier molecular flexibility index (Phi) is 24.7. The topological polar surface area (TPSA) is 6.48 Å². The molecule has 6 heteroatoms. The van der Waals surface area contributed by atoms with Gasteiger partial charge in [0.15, 0.2) is 0 Å². The zero-order valence-electron chi connectivity index (χ0n) is 25.7. The number of halogens is 2. The molecular formula is C32H51Cl2N2SiTi. The summed E-state index contributed by atoms with van der Waals surface area (Å²) in [5.41, 5.74) is 8.79. The molecule has 38 heavy (non-hydrogen) atoms. The molecule has 0 atom stereocenters. The fraction of sp³-hybridized carbons (Fsp3) is 0.500. The van der Waals surface area contributed by atoms with Crippen molar-refractivity contribution in [3.05, 3.63) is 96.2 Å². The van der Waals surface area contributed by atoms with Crippen LogP contribution in [0.15, 0.2) is 84.1 Å². The van der Waals surface area contributed by atoms with Gasteiger partial charge >= 0.3 is 21.7 Å². The van der Waals surface area contributed by atoms with Gasteiger partial charge in [-0.05, 0) is 0 Å². The first-order valence-electron chi connectivity index (χ1n) is 12.5. The zero-order valence-corrected chi connectivity index (χ0v) is 29.9. The molecule has 2 rings (SSSR count). The molecule has 0 aliphatic heterocycles. The third-order valence-corrected chi connectivity index (χ3v) is 8.40. The van der Waals surface area contributed by atoms with Crippen molar-refractivity contribution in [1.82, 2.24) is 9.13 Å². The third-order valence-electron chi connectivity index (χ3n) is 6.91. The Balaban J connectivity index is -0.000000225. The van der Waals surface area contributed by atoms with Crippen LogP contribution in [0.25, 0.3) is 0 Å². The van der Waals surface area contributed by atoms with Gasteiger partial charge in [-0.2, -0.15) is 22.3 Å². The Bertz CT molecular complexity index is 803. The molecule has 2 aliphatic carbocycles. The molecule has 2 aliphatic rings. The monoisotopic (exact) mass is 609 g/mol. The van der Waals surface area contributed by atoms with Gasteiger partial charge in [-0.3, -0.25) is 12.2 Å². The molecule has 0 aromatic rings. The molecular weight excluding hydrogens is 559 g/mol. The Morgan fingerprint density at radius 1 is 0.605 bits per heavy atom. The number of rotatable bonds is 10. The average Bonchev–Trinajstić information content (AvgIpc) is 3.06. The Morgan fingerprint density at radius 3 is 0.947 bits per heavy atom. The molecule has 0 N–H and O–H groups in total. The van der Waals surface area contributed by atoms with Crippen molar-refractivity contribution in [2.75, 3.05) is 26.2 Å². The molecule has 0 bridgehead atoms. The van der Waals surface area contributed by atoms with E-state index in [1.807, 2.05) is 24.3 Å². The van der Waals surface area contributed by atoms with Crippen LogP contribution in [0.1, 0.15) is 69.2 Å². The van der Waals surface area contributed by atoms with E-state index < -0.39 is 0 Å². The Morgan fingerprint density at radius 2 is 0.842 bits per heavy atom. The number of hydrogen-bond donors (Lipinski definition) is 0. The van der Waals surface area contributed by atoms with Crippen molar-refractivity contribution in [2.24, 2.45) is 10.8 Å². The predicted octanol–water partition coefficient (Wildman–Crippen LogP) is 1.83. The van der Waals surface area contributed by atoms with E-state index >= 15 is 0 Å². The van der Waals surface area contributed by atoms with Crippen LogP contribution in [0.3, 0.4) is 0 Å². The summed E-state index contributed by atoms with van der Waals surface area (Å²) in [7, 11) is 0.100. The molecule has 0 unspecified atom stereocenters. The van der Waals surface area contributed by atoms with Crippen LogP contribution in [-0.2, 0) is 21.7 Å². The van der Waals surface area contributed by atoms with Crippen LogP contribution < -0.4 is 24.8 Å². The third kappa shape index (κ3) is 14.7. The fourth-order valence-electron chi connectivity index (χ4n) is 4.04. The molecule has 2 nitrogen and oxygen atoms in total. The summed E-state index contributed by atoms with van der Waals surface area (Å²) in [5.74, 6) is 0. The molecule has 0 fully saturated rings. The van der Waals surface area contributed by atoms with E-state index in [4.69, 9.17) is 0 Å². The van der Waals surface area contributed by atoms with Gasteiger partial charge < -0.3 is 33.9 Å². The van der Waals surface area contributed by atoms with Crippen LogP contribution in [0.5, 0.6) is 0 Å². The summed E-state index contributed by atoms with van der Waals surface area (Å²) in [6, 6.07) is 0. The first-order valence-corrected chi connectivity index (χ1v) is 13.6. The molecule has 1 radical (unpaired) electrons. The van der Waals surface area contributed by atoms with E-state index in [-0.39, 0.29) is 67.2 Å². The van der Waals surface area contributed by atoms with Crippen molar-refractivity contribution in [3.63, 3.8) is 0 Å². The minimum absolute atomic E-state index is 0. The summed E-state index contributed by atoms with van der Waals surface area (Å²) in [6.45, 7) is 40.5. The van der Waals surface area contributed by atoms with Crippen molar-refractivity contribution in [3.8, 4) is 0 Å². The van der Waals surface area contributed by atoms with Gasteiger partial charge in [0.1, 0.15) is 0 Å². The van der Waals surface area contributed by atoms with Crippen LogP contribution in [0.4, 0.5) is 0 Å². The zero-order chi connectivity index (χ0) is 27.4. The predicted molar refractivity (Wildman–Crippen MR) is 160 cm³/mol. The molecule has 0 spiro atoms. The maximum Gasteiger partial charge on any atom is 4.00 e. The van der Waals surface area contributed by atoms with Gasteiger partial charge in [-0.15, -0.1) is 40.2 Å². The minimum atomic E-state index is 0. The molecule has 0 saturated heterocycles. The normalized spacial score (nSPS) is 16.4. The van der Waals surface area contributed by atoms with Crippen molar-refractivity contribution < 1.29 is 46.5 Å². The molecule has 211 valence electrons. The maximum atomic E-state index is 3.76. The number of nitrogens with zero attached hydrogens (tertiary/aromatic N) is 2. The number of allylic oxidation sites excluding steroid dienone is 8. The van der Waals surface area contributed by atoms with E-state index in [1.54, 1.807) is 0 Å². The van der Waals surface area contributed by atoms with Gasteiger partial charge in [0.05, 0.1) is 0 Å². The van der Waals surface area contributed by atoms with Gasteiger partial charge in [0.2, 0.25) is 9.84 Å². The van der Waals surface area contributed by atoms with Gasteiger partial charge in [0, 0.05) is 26.2 Å². The maximum absolute atomic E-state index is 3.76. The standard InChI is InChI=1S/C12H21N2Si.2C10H15.2ClH.Ti/c1-5-9-13(10-6-2)15-14(11-7-3)12-8-4;2*1-7-6-10(4,5)9(3)8(7)2;;;/h5-8,15H,1-4,9-12H2;2*1-5H3;2*1H;/q;2*-1;;;+4/p-2. The van der Waals surface area contributed by atoms with Gasteiger partial charge in [0.25, 0.3) is 0 Å². The first-order chi connectivity index (χ1) is 16.2. The van der Waals surface area contributed by atoms with Gasteiger partial charge in [-0.25, -0.2) is 11.1 Å². The van der Waals surface area contributed by atoms with E-state index in [2.05, 4.69) is 117 Å². The summed E-state index contributed by atoms with van der Waals surface area (Å²) >= 11 is 0. The second kappa shape index (κ2) is 21.1. The van der Waals surface area contributed by atoms with Crippen molar-refractivity contribution in [2.45, 2.75) is 69.2 Å². The summed E-state index contributed by atoms with van der Waals surface area (Å²) in [4.78, 5) is 0. The molecule has 0 aromatic carbocycles. The smallest absolute Gasteiger partial charge is 1.00 e. The molecule has 0 aromatic heterocycles. The molecule has 0 amide bonds. The van der Waals surface area contributed by atoms with E-state index in [1.165, 1.54) is 33.4 Å². The van der Waals surface area contributed by atoms with Crippen LogP contribution >= 0.6 is 0 Å². The summed E-state index contributed by atoms with van der Waals surface area (Å²) < 4.78 is 4.68. The van der Waals surface area contributed by atoms with Crippen LogP contribution in [-0.4, -0.2) is 45.2 Å². The molecule has 0 heterocycles. The van der Waals surface area contributed by atoms with Crippen molar-refractivity contribution in [1.29, 1.82) is 0 Å². The van der Waals surface area contributed by atoms with Crippen LogP contribution in [0, 0.1) is 23.0 Å². The number of hydrogen-bond acceptors (Lipinski definition) is 2. The second-order valence-corrected chi connectivity index (χ2v) is 12.1. The quantitative estimate of drug-likeness (QED) is 0.212. The van der Waals surface area contributed by atoms with Gasteiger partial charge in [-0.1, -0.05) is 90.5 Å². The fourth-order valence-corrected chi connectivity index (χ4v) is 5.48. The minimum Gasteiger partial charge on any atom is -1.00 e. The van der Waals surface area contributed by atoms with E-state index in [9.17, 15) is 0 Å². The van der Waals surface area contributed by atoms with E-state index in [0.717, 1.165) is 26.2 Å². The Labute approximate surface area is 266 Å². The summed E-state index contributed by atoms with van der Waals surface area (Å²) in [5, 5.41) is 0. The largest absolute Gasteiger partial charge is 4.00 e. The summed E-state index contributed by atoms with van der Waals surface area (Å²) in [6.07, 6.45) is 14.6. The average molecular weight is 611 g/mol. The molecule has 0 saturated carbocycles. The SMILES string of the molecule is C=CCN(CC=C)[SiH]N(CC=C)CC=C.CC1=[C-]C(C)(C)C(C)=C1C.CC1=[C-]C(C)(C)C(C)=C1C.[Cl-].[Cl-].[Ti+4]. The Hall–Kier alpha value is -0.649. The van der Waals surface area contributed by atoms with E-state index in [0.29, 0.717) is 0 Å². The first kappa shape index (κ1) is 44.4. The van der Waals surface area contributed by atoms with Crippen molar-refractivity contribution >= 4 is 9.84 Å².